The summed E-state index contributed by atoms with van der Waals surface area (Å²) < 4.78 is 0. The molecule has 0 aliphatic carbocycles. The van der Waals surface area contributed by atoms with Crippen molar-refractivity contribution in [3.05, 3.63) is 52.8 Å². The topological polar surface area (TPSA) is 43.8 Å². The van der Waals surface area contributed by atoms with Gasteiger partial charge in [0.1, 0.15) is 5.84 Å². The van der Waals surface area contributed by atoms with E-state index in [1.165, 1.54) is 19.3 Å². The Balaban J connectivity index is 1.79. The molecule has 23 heavy (non-hydrogen) atoms. The van der Waals surface area contributed by atoms with Crippen LogP contribution in [0.5, 0.6) is 0 Å². The fourth-order valence-electron chi connectivity index (χ4n) is 3.24. The lowest BCUT2D eigenvalue weighted by molar-refractivity contribution is 0.339. The van der Waals surface area contributed by atoms with Crippen LogP contribution in [0.2, 0.25) is 5.02 Å². The lowest BCUT2D eigenvalue weighted by Crippen LogP contribution is -2.37. The highest BCUT2D eigenvalue weighted by Gasteiger charge is 2.21. The van der Waals surface area contributed by atoms with Crippen LogP contribution < -0.4 is 0 Å². The van der Waals surface area contributed by atoms with Crippen LogP contribution in [0.4, 0.5) is 5.69 Å². The van der Waals surface area contributed by atoms with Gasteiger partial charge in [-0.15, -0.1) is 0 Å². The number of piperidine rings is 1. The summed E-state index contributed by atoms with van der Waals surface area (Å²) in [5.41, 5.74) is 3.87. The first-order valence-electron chi connectivity index (χ1n) is 8.12. The molecule has 0 unspecified atom stereocenters. The van der Waals surface area contributed by atoms with E-state index < -0.39 is 0 Å². The molecule has 2 aliphatic rings. The second-order valence-electron chi connectivity index (χ2n) is 5.99. The van der Waals surface area contributed by atoms with Gasteiger partial charge in [-0.25, -0.2) is 4.99 Å². The standard InChI is InChI=1S/C18H19ClN4/c19-13-6-7-15-14(11-13)18(16-5-4-8-20-16)21-12-17(22-15)23-9-2-1-3-10-23/h4-8,11,20H,1-3,9-10,12H2. The number of rotatable bonds is 1. The molecule has 4 nitrogen and oxygen atoms in total. The summed E-state index contributed by atoms with van der Waals surface area (Å²) in [6.45, 7) is 2.77. The minimum Gasteiger partial charge on any atom is -0.360 e. The number of halogens is 1. The average molecular weight is 327 g/mol. The number of nitrogens with zero attached hydrogens (tertiary/aromatic N) is 3. The Morgan fingerprint density at radius 1 is 1.09 bits per heavy atom. The number of hydrogen-bond donors (Lipinski definition) is 1. The molecule has 1 saturated heterocycles. The van der Waals surface area contributed by atoms with Crippen LogP contribution in [-0.2, 0) is 0 Å². The molecule has 1 aromatic carbocycles. The molecule has 5 heteroatoms. The molecule has 1 aromatic heterocycles. The van der Waals surface area contributed by atoms with E-state index in [-0.39, 0.29) is 0 Å². The highest BCUT2D eigenvalue weighted by molar-refractivity contribution is 6.31. The summed E-state index contributed by atoms with van der Waals surface area (Å²) in [5.74, 6) is 1.06. The third kappa shape index (κ3) is 2.91. The molecule has 0 amide bonds. The summed E-state index contributed by atoms with van der Waals surface area (Å²) in [6, 6.07) is 9.87. The lowest BCUT2D eigenvalue weighted by Gasteiger charge is -2.29. The summed E-state index contributed by atoms with van der Waals surface area (Å²) in [5, 5.41) is 0.708. The molecule has 2 aromatic rings. The molecule has 1 N–H and O–H groups in total. The molecule has 0 atom stereocenters. The monoisotopic (exact) mass is 326 g/mol. The summed E-state index contributed by atoms with van der Waals surface area (Å²) in [4.78, 5) is 15.4. The van der Waals surface area contributed by atoms with Crippen molar-refractivity contribution in [2.75, 3.05) is 19.6 Å². The Morgan fingerprint density at radius 2 is 1.96 bits per heavy atom. The van der Waals surface area contributed by atoms with Crippen LogP contribution in [0.3, 0.4) is 0 Å². The van der Waals surface area contributed by atoms with Gasteiger partial charge < -0.3 is 9.88 Å². The number of H-pyrrole nitrogens is 1. The third-order valence-corrected chi connectivity index (χ3v) is 4.65. The molecule has 2 aliphatic heterocycles. The van der Waals surface area contributed by atoms with Crippen LogP contribution in [0, 0.1) is 0 Å². The van der Waals surface area contributed by atoms with Crippen LogP contribution in [0.1, 0.15) is 30.5 Å². The fraction of sp³-hybridized carbons (Fsp3) is 0.333. The Hall–Kier alpha value is -2.07. The minimum atomic E-state index is 0.612. The van der Waals surface area contributed by atoms with E-state index in [1.54, 1.807) is 0 Å². The number of fused-ring (bicyclic) bond motifs is 1. The maximum atomic E-state index is 6.22. The van der Waals surface area contributed by atoms with Crippen LogP contribution in [-0.4, -0.2) is 41.1 Å². The van der Waals surface area contributed by atoms with Crippen molar-refractivity contribution >= 4 is 28.8 Å². The number of nitrogens with one attached hydrogen (secondary N) is 1. The van der Waals surface area contributed by atoms with Crippen molar-refractivity contribution in [3.63, 3.8) is 0 Å². The molecule has 0 radical (unpaired) electrons. The number of amidine groups is 1. The van der Waals surface area contributed by atoms with Crippen molar-refractivity contribution in [1.82, 2.24) is 9.88 Å². The van der Waals surface area contributed by atoms with E-state index in [9.17, 15) is 0 Å². The second kappa shape index (κ2) is 6.20. The first-order chi connectivity index (χ1) is 11.3. The largest absolute Gasteiger partial charge is 0.360 e. The highest BCUT2D eigenvalue weighted by Crippen LogP contribution is 2.29. The maximum Gasteiger partial charge on any atom is 0.127 e. The minimum absolute atomic E-state index is 0.612. The van der Waals surface area contributed by atoms with Gasteiger partial charge in [0.2, 0.25) is 0 Å². The zero-order chi connectivity index (χ0) is 15.6. The van der Waals surface area contributed by atoms with Gasteiger partial charge in [0, 0.05) is 29.9 Å². The molecule has 4 rings (SSSR count). The van der Waals surface area contributed by atoms with Gasteiger partial charge >= 0.3 is 0 Å². The van der Waals surface area contributed by atoms with Crippen molar-refractivity contribution in [1.29, 1.82) is 0 Å². The number of benzene rings is 1. The fourth-order valence-corrected chi connectivity index (χ4v) is 3.41. The van der Waals surface area contributed by atoms with Crippen LogP contribution in [0.15, 0.2) is 46.5 Å². The van der Waals surface area contributed by atoms with Gasteiger partial charge in [-0.1, -0.05) is 11.6 Å². The van der Waals surface area contributed by atoms with Crippen LogP contribution in [0.25, 0.3) is 0 Å². The van der Waals surface area contributed by atoms with Crippen molar-refractivity contribution in [3.8, 4) is 0 Å². The summed E-state index contributed by atoms with van der Waals surface area (Å²) in [7, 11) is 0. The Morgan fingerprint density at radius 3 is 2.74 bits per heavy atom. The van der Waals surface area contributed by atoms with E-state index in [4.69, 9.17) is 21.6 Å². The lowest BCUT2D eigenvalue weighted by atomic mass is 10.1. The van der Waals surface area contributed by atoms with Crippen LogP contribution >= 0.6 is 11.6 Å². The Bertz CT molecular complexity index is 755. The Kier molecular flexibility index (Phi) is 3.92. The van der Waals surface area contributed by atoms with E-state index in [2.05, 4.69) is 9.88 Å². The molecule has 0 spiro atoms. The highest BCUT2D eigenvalue weighted by atomic mass is 35.5. The summed E-state index contributed by atoms with van der Waals surface area (Å²) in [6.07, 6.45) is 5.70. The second-order valence-corrected chi connectivity index (χ2v) is 6.42. The van der Waals surface area contributed by atoms with Gasteiger partial charge in [-0.3, -0.25) is 4.99 Å². The van der Waals surface area contributed by atoms with Crippen molar-refractivity contribution in [2.45, 2.75) is 19.3 Å². The van der Waals surface area contributed by atoms with Crippen molar-refractivity contribution in [2.24, 2.45) is 9.98 Å². The first kappa shape index (κ1) is 14.5. The zero-order valence-electron chi connectivity index (χ0n) is 12.9. The van der Waals surface area contributed by atoms with Gasteiger partial charge in [0.15, 0.2) is 0 Å². The third-order valence-electron chi connectivity index (χ3n) is 4.42. The smallest absolute Gasteiger partial charge is 0.127 e. The maximum absolute atomic E-state index is 6.22. The zero-order valence-corrected chi connectivity index (χ0v) is 13.7. The van der Waals surface area contributed by atoms with Gasteiger partial charge in [0.05, 0.1) is 23.6 Å². The quantitative estimate of drug-likeness (QED) is 0.844. The molecule has 0 saturated carbocycles. The van der Waals surface area contributed by atoms with Gasteiger partial charge in [0.25, 0.3) is 0 Å². The number of aromatic nitrogens is 1. The average Bonchev–Trinajstić information content (AvgIpc) is 3.04. The van der Waals surface area contributed by atoms with E-state index in [1.807, 2.05) is 36.5 Å². The van der Waals surface area contributed by atoms with Gasteiger partial charge in [-0.2, -0.15) is 0 Å². The molecule has 118 valence electrons. The van der Waals surface area contributed by atoms with Gasteiger partial charge in [-0.05, 0) is 49.6 Å². The Labute approximate surface area is 140 Å². The number of hydrogen-bond acceptors (Lipinski definition) is 3. The predicted octanol–water partition coefficient (Wildman–Crippen LogP) is 4.04. The van der Waals surface area contributed by atoms with E-state index in [0.717, 1.165) is 41.6 Å². The summed E-state index contributed by atoms with van der Waals surface area (Å²) >= 11 is 6.22. The molecular weight excluding hydrogens is 308 g/mol. The first-order valence-corrected chi connectivity index (χ1v) is 8.50. The van der Waals surface area contributed by atoms with Crippen molar-refractivity contribution < 1.29 is 0 Å². The number of likely N-dealkylation sites (tertiary alicyclic amines) is 1. The normalized spacial score (nSPS) is 18.0. The molecule has 1 fully saturated rings. The predicted molar refractivity (Wildman–Crippen MR) is 95.3 cm³/mol. The number of aliphatic imine (C=N–C) groups is 2. The van der Waals surface area contributed by atoms with E-state index in [0.29, 0.717) is 11.6 Å². The number of aromatic amines is 1. The molecule has 3 heterocycles. The SMILES string of the molecule is Clc1ccc2c(c1)C(c1ccc[nH]1)=NCC(N1CCCCC1)=N2. The molecule has 0 bridgehead atoms. The van der Waals surface area contributed by atoms with E-state index >= 15 is 0 Å². The molecular formula is C18H19ClN4.